The Kier molecular flexibility index (Phi) is 3.49. The molecule has 1 aliphatic rings. The minimum absolute atomic E-state index is 0.930. The molecule has 6 rings (SSSR count). The SMILES string of the molecule is Cc1cnc(-c2cccc3c2oc2cc4c(cc23)[Si](C)(C)c2ccccc2-4)cc1C. The largest absolute Gasteiger partial charge is 0.455 e. The molecule has 146 valence electrons. The Hall–Kier alpha value is -3.17. The molecule has 30 heavy (non-hydrogen) atoms. The molecular weight excluding hydrogens is 382 g/mol. The van der Waals surface area contributed by atoms with Crippen LogP contribution >= 0.6 is 0 Å². The van der Waals surface area contributed by atoms with Crippen LogP contribution in [0.2, 0.25) is 13.1 Å². The fourth-order valence-electron chi connectivity index (χ4n) is 4.97. The first-order valence-corrected chi connectivity index (χ1v) is 13.5. The van der Waals surface area contributed by atoms with Gasteiger partial charge in [0.05, 0.1) is 5.69 Å². The summed E-state index contributed by atoms with van der Waals surface area (Å²) < 4.78 is 6.49. The highest BCUT2D eigenvalue weighted by Gasteiger charge is 2.37. The van der Waals surface area contributed by atoms with Crippen LogP contribution in [0.4, 0.5) is 0 Å². The predicted molar refractivity (Wildman–Crippen MR) is 129 cm³/mol. The molecule has 3 heteroatoms. The average molecular weight is 406 g/mol. The van der Waals surface area contributed by atoms with Crippen LogP contribution in [0.1, 0.15) is 11.1 Å². The zero-order valence-electron chi connectivity index (χ0n) is 17.7. The molecule has 1 aliphatic heterocycles. The third-order valence-corrected chi connectivity index (χ3v) is 10.4. The van der Waals surface area contributed by atoms with Crippen LogP contribution in [0.3, 0.4) is 0 Å². The van der Waals surface area contributed by atoms with Crippen molar-refractivity contribution in [1.82, 2.24) is 4.98 Å². The number of benzene rings is 3. The summed E-state index contributed by atoms with van der Waals surface area (Å²) in [6.07, 6.45) is 1.95. The van der Waals surface area contributed by atoms with Crippen molar-refractivity contribution >= 4 is 40.4 Å². The predicted octanol–water partition coefficient (Wildman–Crippen LogP) is 6.07. The summed E-state index contributed by atoms with van der Waals surface area (Å²) >= 11 is 0. The second kappa shape index (κ2) is 5.93. The first-order chi connectivity index (χ1) is 14.4. The van der Waals surface area contributed by atoms with E-state index in [1.54, 1.807) is 0 Å². The molecule has 2 nitrogen and oxygen atoms in total. The molecule has 3 heterocycles. The van der Waals surface area contributed by atoms with Crippen LogP contribution in [0, 0.1) is 13.8 Å². The van der Waals surface area contributed by atoms with Crippen LogP contribution < -0.4 is 10.4 Å². The molecule has 0 unspecified atom stereocenters. The lowest BCUT2D eigenvalue weighted by Gasteiger charge is -2.18. The lowest BCUT2D eigenvalue weighted by molar-refractivity contribution is 0.670. The van der Waals surface area contributed by atoms with Crippen molar-refractivity contribution in [3.8, 4) is 22.4 Å². The van der Waals surface area contributed by atoms with Crippen molar-refractivity contribution in [2.75, 3.05) is 0 Å². The van der Waals surface area contributed by atoms with E-state index in [4.69, 9.17) is 9.40 Å². The van der Waals surface area contributed by atoms with Gasteiger partial charge in [-0.1, -0.05) is 55.6 Å². The molecule has 0 bridgehead atoms. The molecule has 3 aromatic carbocycles. The number of fused-ring (bicyclic) bond motifs is 6. The summed E-state index contributed by atoms with van der Waals surface area (Å²) in [5, 5.41) is 5.42. The minimum Gasteiger partial charge on any atom is -0.455 e. The number of pyridine rings is 1. The zero-order chi connectivity index (χ0) is 20.6. The number of hydrogen-bond acceptors (Lipinski definition) is 2. The van der Waals surface area contributed by atoms with E-state index < -0.39 is 8.07 Å². The van der Waals surface area contributed by atoms with E-state index >= 15 is 0 Å². The molecule has 0 aliphatic carbocycles. The van der Waals surface area contributed by atoms with Crippen LogP contribution in [0.25, 0.3) is 44.3 Å². The monoisotopic (exact) mass is 405 g/mol. The van der Waals surface area contributed by atoms with Gasteiger partial charge in [0.1, 0.15) is 19.2 Å². The molecule has 0 N–H and O–H groups in total. The van der Waals surface area contributed by atoms with Crippen molar-refractivity contribution in [2.24, 2.45) is 0 Å². The smallest absolute Gasteiger partial charge is 0.144 e. The van der Waals surface area contributed by atoms with E-state index in [9.17, 15) is 0 Å². The Balaban J connectivity index is 1.65. The summed E-state index contributed by atoms with van der Waals surface area (Å²) in [7, 11) is -1.70. The standard InChI is InChI=1S/C27H23NOSi/c1-16-12-23(28-15-17(16)2)20-10-7-9-19-21-14-26-22(13-24(21)29-27(19)20)18-8-5-6-11-25(18)30(26,3)4/h5-15H,1-4H3. The molecule has 0 amide bonds. The number of hydrogen-bond donors (Lipinski definition) is 0. The van der Waals surface area contributed by atoms with Crippen LogP contribution in [-0.2, 0) is 0 Å². The third-order valence-electron chi connectivity index (χ3n) is 6.85. The van der Waals surface area contributed by atoms with E-state index in [0.717, 1.165) is 22.4 Å². The Bertz CT molecular complexity index is 1490. The quantitative estimate of drug-likeness (QED) is 0.316. The number of para-hydroxylation sites is 1. The maximum Gasteiger partial charge on any atom is 0.144 e. The Morgan fingerprint density at radius 3 is 2.37 bits per heavy atom. The molecule has 5 aromatic rings. The maximum atomic E-state index is 6.49. The summed E-state index contributed by atoms with van der Waals surface area (Å²) in [5.74, 6) is 0. The van der Waals surface area contributed by atoms with Crippen LogP contribution in [-0.4, -0.2) is 13.1 Å². The summed E-state index contributed by atoms with van der Waals surface area (Å²) in [5.41, 5.74) is 9.09. The Morgan fingerprint density at radius 2 is 1.53 bits per heavy atom. The molecule has 0 atom stereocenters. The summed E-state index contributed by atoms with van der Waals surface area (Å²) in [4.78, 5) is 4.69. The molecule has 0 spiro atoms. The van der Waals surface area contributed by atoms with Crippen molar-refractivity contribution < 1.29 is 4.42 Å². The zero-order valence-corrected chi connectivity index (χ0v) is 18.7. The van der Waals surface area contributed by atoms with Crippen molar-refractivity contribution in [3.63, 3.8) is 0 Å². The lowest BCUT2D eigenvalue weighted by atomic mass is 10.0. The average Bonchev–Trinajstić information content (AvgIpc) is 3.22. The molecule has 0 saturated carbocycles. The lowest BCUT2D eigenvalue weighted by Crippen LogP contribution is -2.49. The number of aromatic nitrogens is 1. The van der Waals surface area contributed by atoms with Gasteiger partial charge in [0.25, 0.3) is 0 Å². The Morgan fingerprint density at radius 1 is 0.733 bits per heavy atom. The summed E-state index contributed by atoms with van der Waals surface area (Å²) in [6, 6.07) is 22.1. The molecule has 2 aromatic heterocycles. The fraction of sp³-hybridized carbons (Fsp3) is 0.148. The summed E-state index contributed by atoms with van der Waals surface area (Å²) in [6.45, 7) is 9.14. The van der Waals surface area contributed by atoms with Gasteiger partial charge in [0.2, 0.25) is 0 Å². The highest BCUT2D eigenvalue weighted by molar-refractivity contribution is 7.04. The van der Waals surface area contributed by atoms with Gasteiger partial charge in [-0.3, -0.25) is 4.98 Å². The van der Waals surface area contributed by atoms with Gasteiger partial charge in [0, 0.05) is 22.5 Å². The highest BCUT2D eigenvalue weighted by atomic mass is 28.3. The second-order valence-corrected chi connectivity index (χ2v) is 13.3. The van der Waals surface area contributed by atoms with Gasteiger partial charge in [-0.2, -0.15) is 0 Å². The number of aryl methyl sites for hydroxylation is 2. The normalized spacial score (nSPS) is 14.3. The first kappa shape index (κ1) is 17.7. The van der Waals surface area contributed by atoms with E-state index in [-0.39, 0.29) is 0 Å². The molecule has 0 saturated heterocycles. The van der Waals surface area contributed by atoms with Crippen LogP contribution in [0.15, 0.2) is 71.3 Å². The van der Waals surface area contributed by atoms with E-state index in [1.807, 2.05) is 6.20 Å². The van der Waals surface area contributed by atoms with Crippen molar-refractivity contribution in [3.05, 3.63) is 78.0 Å². The van der Waals surface area contributed by atoms with Gasteiger partial charge in [-0.05, 0) is 64.7 Å². The van der Waals surface area contributed by atoms with Crippen molar-refractivity contribution in [1.29, 1.82) is 0 Å². The molecule has 0 radical (unpaired) electrons. The van der Waals surface area contributed by atoms with Gasteiger partial charge in [-0.15, -0.1) is 0 Å². The van der Waals surface area contributed by atoms with Gasteiger partial charge in [-0.25, -0.2) is 0 Å². The topological polar surface area (TPSA) is 26.0 Å². The molecule has 0 fully saturated rings. The highest BCUT2D eigenvalue weighted by Crippen LogP contribution is 2.38. The Labute approximate surface area is 177 Å². The van der Waals surface area contributed by atoms with Crippen molar-refractivity contribution in [2.45, 2.75) is 26.9 Å². The third kappa shape index (κ3) is 2.27. The maximum absolute atomic E-state index is 6.49. The number of nitrogens with zero attached hydrogens (tertiary/aromatic N) is 1. The van der Waals surface area contributed by atoms with Gasteiger partial charge >= 0.3 is 0 Å². The number of furan rings is 1. The first-order valence-electron chi connectivity index (χ1n) is 10.5. The van der Waals surface area contributed by atoms with Crippen LogP contribution in [0.5, 0.6) is 0 Å². The van der Waals surface area contributed by atoms with Gasteiger partial charge in [0.15, 0.2) is 0 Å². The van der Waals surface area contributed by atoms with E-state index in [1.165, 1.54) is 43.4 Å². The number of rotatable bonds is 1. The van der Waals surface area contributed by atoms with E-state index in [2.05, 4.69) is 87.6 Å². The minimum atomic E-state index is -1.70. The fourth-order valence-corrected chi connectivity index (χ4v) is 8.04. The van der Waals surface area contributed by atoms with Gasteiger partial charge < -0.3 is 4.42 Å². The molecular formula is C27H23NOSi. The second-order valence-electron chi connectivity index (χ2n) is 9.00. The van der Waals surface area contributed by atoms with E-state index in [0.29, 0.717) is 0 Å².